The van der Waals surface area contributed by atoms with Crippen LogP contribution in [0.5, 0.6) is 0 Å². The molecule has 15 heavy (non-hydrogen) atoms. The van der Waals surface area contributed by atoms with E-state index in [2.05, 4.69) is 28.0 Å². The van der Waals surface area contributed by atoms with E-state index in [1.165, 1.54) is 0 Å². The molecule has 4 nitrogen and oxygen atoms in total. The van der Waals surface area contributed by atoms with Crippen molar-refractivity contribution in [3.63, 3.8) is 0 Å². The van der Waals surface area contributed by atoms with E-state index in [1.54, 1.807) is 9.09 Å². The lowest BCUT2D eigenvalue weighted by Gasteiger charge is -2.32. The molecule has 0 amide bonds. The molecule has 0 spiro atoms. The summed E-state index contributed by atoms with van der Waals surface area (Å²) in [6.45, 7) is 8.17. The molecule has 1 aromatic rings. The molecule has 0 atom stereocenters. The monoisotopic (exact) mass is 320 g/mol. The maximum absolute atomic E-state index is 5.90. The molecule has 0 radical (unpaired) electrons. The summed E-state index contributed by atoms with van der Waals surface area (Å²) in [5, 5.41) is 4.10. The lowest BCUT2D eigenvalue weighted by Crippen LogP contribution is -2.41. The predicted molar refractivity (Wildman–Crippen MR) is 67.4 cm³/mol. The van der Waals surface area contributed by atoms with Crippen LogP contribution >= 0.6 is 22.9 Å². The molecule has 0 unspecified atom stereocenters. The molecule has 1 aliphatic rings. The highest BCUT2D eigenvalue weighted by Gasteiger charge is 2.52. The zero-order chi connectivity index (χ0) is 11.3. The molecule has 0 saturated carbocycles. The third-order valence-electron chi connectivity index (χ3n) is 3.12. The molecular weight excluding hydrogens is 306 g/mol. The first kappa shape index (κ1) is 11.4. The van der Waals surface area contributed by atoms with Gasteiger partial charge in [0.05, 0.1) is 39.7 Å². The van der Waals surface area contributed by atoms with Crippen molar-refractivity contribution < 1.29 is 9.31 Å². The second-order valence-electron chi connectivity index (χ2n) is 4.70. The van der Waals surface area contributed by atoms with Crippen molar-refractivity contribution >= 4 is 35.6 Å². The Bertz CT molecular complexity index is 362. The van der Waals surface area contributed by atoms with Gasteiger partial charge in [0.25, 0.3) is 0 Å². The van der Waals surface area contributed by atoms with Gasteiger partial charge < -0.3 is 9.31 Å². The zero-order valence-electron chi connectivity index (χ0n) is 9.32. The first-order valence-electron chi connectivity index (χ1n) is 4.89. The third kappa shape index (κ3) is 1.83. The molecule has 1 aliphatic heterocycles. The van der Waals surface area contributed by atoms with Gasteiger partial charge >= 0.3 is 7.12 Å². The maximum atomic E-state index is 5.90. The van der Waals surface area contributed by atoms with E-state index in [0.717, 1.165) is 5.59 Å². The molecule has 0 aliphatic carbocycles. The van der Waals surface area contributed by atoms with Gasteiger partial charge in [-0.05, 0) is 33.8 Å². The molecule has 2 heterocycles. The lowest BCUT2D eigenvalue weighted by molar-refractivity contribution is 0.00578. The van der Waals surface area contributed by atoms with Gasteiger partial charge in [-0.3, -0.25) is 0 Å². The number of hydrogen-bond acceptors (Lipinski definition) is 3. The number of hydrogen-bond donors (Lipinski definition) is 0. The summed E-state index contributed by atoms with van der Waals surface area (Å²) in [6, 6.07) is 1.91. The third-order valence-corrected chi connectivity index (χ3v) is 3.93. The highest BCUT2D eigenvalue weighted by Crippen LogP contribution is 2.36. The van der Waals surface area contributed by atoms with Crippen molar-refractivity contribution in [1.29, 1.82) is 0 Å². The highest BCUT2D eigenvalue weighted by molar-refractivity contribution is 14.1. The largest absolute Gasteiger partial charge is 0.515 e. The summed E-state index contributed by atoms with van der Waals surface area (Å²) >= 11 is 2.11. The standard InChI is InChI=1S/C9H14BIN2O2/c1-8(2)9(3,4)15-10(14-8)7-5-6-12-13(7)11/h5-6H,1-4H3. The van der Waals surface area contributed by atoms with Crippen LogP contribution in [0.4, 0.5) is 0 Å². The number of aromatic nitrogens is 2. The van der Waals surface area contributed by atoms with E-state index in [4.69, 9.17) is 9.31 Å². The van der Waals surface area contributed by atoms with E-state index >= 15 is 0 Å². The van der Waals surface area contributed by atoms with Crippen LogP contribution in [-0.2, 0) is 9.31 Å². The van der Waals surface area contributed by atoms with Gasteiger partial charge in [-0.25, -0.2) is 2.90 Å². The summed E-state index contributed by atoms with van der Waals surface area (Å²) in [6.07, 6.45) is 1.74. The van der Waals surface area contributed by atoms with Crippen LogP contribution < -0.4 is 5.59 Å². The topological polar surface area (TPSA) is 36.3 Å². The minimum atomic E-state index is -0.325. The van der Waals surface area contributed by atoms with Crippen molar-refractivity contribution in [1.82, 2.24) is 7.99 Å². The van der Waals surface area contributed by atoms with Gasteiger partial charge in [-0.2, -0.15) is 5.10 Å². The lowest BCUT2D eigenvalue weighted by atomic mass is 9.85. The Morgan fingerprint density at radius 1 is 1.27 bits per heavy atom. The van der Waals surface area contributed by atoms with E-state index in [-0.39, 0.29) is 18.3 Å². The fraction of sp³-hybridized carbons (Fsp3) is 0.667. The highest BCUT2D eigenvalue weighted by atomic mass is 127. The van der Waals surface area contributed by atoms with E-state index < -0.39 is 0 Å². The van der Waals surface area contributed by atoms with Gasteiger partial charge in [0.1, 0.15) is 0 Å². The Labute approximate surface area is 104 Å². The second kappa shape index (κ2) is 3.46. The predicted octanol–water partition coefficient (Wildman–Crippen LogP) is 1.38. The summed E-state index contributed by atoms with van der Waals surface area (Å²) in [5.41, 5.74) is 0.353. The van der Waals surface area contributed by atoms with Gasteiger partial charge in [-0.1, -0.05) is 0 Å². The van der Waals surface area contributed by atoms with Gasteiger partial charge in [0, 0.05) is 6.20 Å². The molecule has 1 fully saturated rings. The van der Waals surface area contributed by atoms with Crippen molar-refractivity contribution in [2.75, 3.05) is 0 Å². The quantitative estimate of drug-likeness (QED) is 0.579. The van der Waals surface area contributed by atoms with Crippen LogP contribution in [-0.4, -0.2) is 26.3 Å². The summed E-state index contributed by atoms with van der Waals surface area (Å²) in [4.78, 5) is 0. The fourth-order valence-corrected chi connectivity index (χ4v) is 1.96. The van der Waals surface area contributed by atoms with Crippen LogP contribution in [0.15, 0.2) is 12.3 Å². The average Bonchev–Trinajstić information content (AvgIpc) is 2.55. The van der Waals surface area contributed by atoms with E-state index in [1.807, 2.05) is 33.8 Å². The Kier molecular flexibility index (Phi) is 2.63. The van der Waals surface area contributed by atoms with Gasteiger partial charge in [-0.15, -0.1) is 0 Å². The number of rotatable bonds is 1. The van der Waals surface area contributed by atoms with Gasteiger partial charge in [0.15, 0.2) is 0 Å². The Morgan fingerprint density at radius 2 is 1.80 bits per heavy atom. The fourth-order valence-electron chi connectivity index (χ4n) is 1.43. The first-order chi connectivity index (χ1) is 6.83. The molecule has 1 aromatic heterocycles. The molecule has 82 valence electrons. The smallest absolute Gasteiger partial charge is 0.398 e. The SMILES string of the molecule is CC1(C)OB(c2ccnn2I)OC1(C)C. The summed E-state index contributed by atoms with van der Waals surface area (Å²) in [7, 11) is -0.325. The van der Waals surface area contributed by atoms with Crippen molar-refractivity contribution in [2.45, 2.75) is 38.9 Å². The Morgan fingerprint density at radius 3 is 2.20 bits per heavy atom. The molecule has 0 bridgehead atoms. The number of halogens is 1. The van der Waals surface area contributed by atoms with Crippen LogP contribution in [0.2, 0.25) is 0 Å². The summed E-state index contributed by atoms with van der Waals surface area (Å²) < 4.78 is 13.6. The molecule has 1 saturated heterocycles. The average molecular weight is 320 g/mol. The molecule has 0 N–H and O–H groups in total. The van der Waals surface area contributed by atoms with E-state index in [9.17, 15) is 0 Å². The summed E-state index contributed by atoms with van der Waals surface area (Å²) in [5.74, 6) is 0. The van der Waals surface area contributed by atoms with Crippen LogP contribution in [0.25, 0.3) is 0 Å². The second-order valence-corrected chi connectivity index (χ2v) is 5.62. The van der Waals surface area contributed by atoms with Crippen molar-refractivity contribution in [3.05, 3.63) is 12.3 Å². The zero-order valence-corrected chi connectivity index (χ0v) is 11.5. The first-order valence-corrected chi connectivity index (χ1v) is 5.86. The molecule has 6 heteroatoms. The minimum Gasteiger partial charge on any atom is -0.398 e. The van der Waals surface area contributed by atoms with Crippen LogP contribution in [0.3, 0.4) is 0 Å². The maximum Gasteiger partial charge on any atom is 0.515 e. The normalized spacial score (nSPS) is 23.4. The minimum absolute atomic E-state index is 0.293. The van der Waals surface area contributed by atoms with Crippen molar-refractivity contribution in [3.8, 4) is 0 Å². The Hall–Kier alpha value is -0.0751. The van der Waals surface area contributed by atoms with E-state index in [0.29, 0.717) is 0 Å². The number of nitrogens with zero attached hydrogens (tertiary/aromatic N) is 2. The molecule has 2 rings (SSSR count). The van der Waals surface area contributed by atoms with Gasteiger partial charge in [0.2, 0.25) is 0 Å². The Balaban J connectivity index is 2.27. The molecular formula is C9H14BIN2O2. The van der Waals surface area contributed by atoms with Crippen LogP contribution in [0.1, 0.15) is 27.7 Å². The molecule has 0 aromatic carbocycles. The van der Waals surface area contributed by atoms with Crippen molar-refractivity contribution in [2.24, 2.45) is 0 Å². The van der Waals surface area contributed by atoms with Crippen LogP contribution in [0, 0.1) is 0 Å².